The van der Waals surface area contributed by atoms with E-state index < -0.39 is 0 Å². The highest BCUT2D eigenvalue weighted by atomic mass is 79.9. The number of aromatic nitrogens is 2. The fourth-order valence-electron chi connectivity index (χ4n) is 2.44. The first-order chi connectivity index (χ1) is 9.70. The summed E-state index contributed by atoms with van der Waals surface area (Å²) in [6.07, 6.45) is 0.752. The molecule has 3 rings (SSSR count). The number of aryl methyl sites for hydroxylation is 2. The Kier molecular flexibility index (Phi) is 3.81. The van der Waals surface area contributed by atoms with Gasteiger partial charge < -0.3 is 0 Å². The van der Waals surface area contributed by atoms with Gasteiger partial charge in [0, 0.05) is 16.8 Å². The fourth-order valence-corrected chi connectivity index (χ4v) is 2.96. The van der Waals surface area contributed by atoms with Crippen LogP contribution < -0.4 is 0 Å². The lowest BCUT2D eigenvalue weighted by Gasteiger charge is -2.11. The van der Waals surface area contributed by atoms with E-state index in [2.05, 4.69) is 57.8 Å². The molecule has 0 spiro atoms. The van der Waals surface area contributed by atoms with Crippen molar-refractivity contribution in [2.75, 3.05) is 5.88 Å². The number of hydrogen-bond donors (Lipinski definition) is 0. The van der Waals surface area contributed by atoms with Gasteiger partial charge in [-0.3, -0.25) is 4.57 Å². The van der Waals surface area contributed by atoms with Crippen molar-refractivity contribution in [2.24, 2.45) is 0 Å². The van der Waals surface area contributed by atoms with Crippen molar-refractivity contribution >= 4 is 38.6 Å². The lowest BCUT2D eigenvalue weighted by molar-refractivity contribution is 0.907. The van der Waals surface area contributed by atoms with Crippen LogP contribution in [0, 0.1) is 6.92 Å². The van der Waals surface area contributed by atoms with Crippen LogP contribution in [0.25, 0.3) is 16.7 Å². The van der Waals surface area contributed by atoms with E-state index >= 15 is 0 Å². The van der Waals surface area contributed by atoms with Crippen molar-refractivity contribution in [1.82, 2.24) is 9.55 Å². The summed E-state index contributed by atoms with van der Waals surface area (Å²) in [5.41, 5.74) is 4.49. The molecule has 0 saturated carbocycles. The van der Waals surface area contributed by atoms with Crippen LogP contribution in [0.15, 0.2) is 46.9 Å². The molecule has 0 amide bonds. The Morgan fingerprint density at radius 3 is 2.75 bits per heavy atom. The van der Waals surface area contributed by atoms with E-state index in [1.54, 1.807) is 0 Å². The monoisotopic (exact) mass is 348 g/mol. The van der Waals surface area contributed by atoms with Crippen LogP contribution in [-0.2, 0) is 6.42 Å². The maximum atomic E-state index is 5.93. The largest absolute Gasteiger partial charge is 0.296 e. The van der Waals surface area contributed by atoms with Crippen LogP contribution in [0.3, 0.4) is 0 Å². The van der Waals surface area contributed by atoms with Gasteiger partial charge in [0.05, 0.1) is 16.7 Å². The molecule has 1 heterocycles. The van der Waals surface area contributed by atoms with E-state index in [0.717, 1.165) is 33.4 Å². The van der Waals surface area contributed by atoms with Gasteiger partial charge in [-0.25, -0.2) is 4.98 Å². The van der Waals surface area contributed by atoms with E-state index in [0.29, 0.717) is 5.88 Å². The molecule has 0 radical (unpaired) electrons. The summed E-state index contributed by atoms with van der Waals surface area (Å²) < 4.78 is 3.25. The molecule has 2 nitrogen and oxygen atoms in total. The Balaban J connectivity index is 2.32. The molecule has 0 aliphatic rings. The first kappa shape index (κ1) is 13.7. The average Bonchev–Trinajstić information content (AvgIpc) is 2.77. The second-order valence-electron chi connectivity index (χ2n) is 4.72. The molecule has 3 aromatic rings. The summed E-state index contributed by atoms with van der Waals surface area (Å²) in [4.78, 5) is 4.73. The minimum Gasteiger partial charge on any atom is -0.296 e. The van der Waals surface area contributed by atoms with Crippen LogP contribution in [0.5, 0.6) is 0 Å². The lowest BCUT2D eigenvalue weighted by Crippen LogP contribution is -2.03. The van der Waals surface area contributed by atoms with E-state index in [4.69, 9.17) is 16.6 Å². The third-order valence-corrected chi connectivity index (χ3v) is 4.04. The van der Waals surface area contributed by atoms with Gasteiger partial charge in [-0.1, -0.05) is 34.1 Å². The van der Waals surface area contributed by atoms with Crippen molar-refractivity contribution in [3.05, 3.63) is 58.3 Å². The van der Waals surface area contributed by atoms with Gasteiger partial charge in [0.25, 0.3) is 0 Å². The highest BCUT2D eigenvalue weighted by Crippen LogP contribution is 2.26. The highest BCUT2D eigenvalue weighted by molar-refractivity contribution is 9.10. The summed E-state index contributed by atoms with van der Waals surface area (Å²) in [5.74, 6) is 1.57. The molecule has 2 aromatic carbocycles. The maximum absolute atomic E-state index is 5.93. The van der Waals surface area contributed by atoms with Crippen molar-refractivity contribution in [2.45, 2.75) is 13.3 Å². The summed E-state index contributed by atoms with van der Waals surface area (Å²) in [6.45, 7) is 2.12. The molecule has 1 aromatic heterocycles. The topological polar surface area (TPSA) is 17.8 Å². The Hall–Kier alpha value is -1.32. The molecule has 0 aliphatic heterocycles. The third-order valence-electron chi connectivity index (χ3n) is 3.36. The standard InChI is InChI=1S/C16H14BrClN2/c1-11-4-2-3-5-14(11)20-15-7-6-12(17)10-13(15)19-16(20)8-9-18/h2-7,10H,8-9H2,1H3. The molecule has 0 atom stereocenters. The molecule has 0 saturated heterocycles. The fraction of sp³-hybridized carbons (Fsp3) is 0.188. The van der Waals surface area contributed by atoms with Gasteiger partial charge in [-0.2, -0.15) is 0 Å². The molecule has 20 heavy (non-hydrogen) atoms. The van der Waals surface area contributed by atoms with E-state index in [-0.39, 0.29) is 0 Å². The Morgan fingerprint density at radius 1 is 1.20 bits per heavy atom. The number of rotatable bonds is 3. The zero-order valence-corrected chi connectivity index (χ0v) is 13.4. The smallest absolute Gasteiger partial charge is 0.115 e. The van der Waals surface area contributed by atoms with Crippen LogP contribution in [0.4, 0.5) is 0 Å². The number of alkyl halides is 1. The summed E-state index contributed by atoms with van der Waals surface area (Å²) in [6, 6.07) is 14.5. The third kappa shape index (κ3) is 2.36. The maximum Gasteiger partial charge on any atom is 0.115 e. The average molecular weight is 350 g/mol. The van der Waals surface area contributed by atoms with Crippen molar-refractivity contribution in [3.8, 4) is 5.69 Å². The quantitative estimate of drug-likeness (QED) is 0.616. The molecule has 0 N–H and O–H groups in total. The second kappa shape index (κ2) is 5.58. The Bertz CT molecular complexity index is 764. The SMILES string of the molecule is Cc1ccccc1-n1c(CCCl)nc2cc(Br)ccc21. The van der Waals surface area contributed by atoms with Crippen molar-refractivity contribution in [1.29, 1.82) is 0 Å². The van der Waals surface area contributed by atoms with E-state index in [9.17, 15) is 0 Å². The Morgan fingerprint density at radius 2 is 2.00 bits per heavy atom. The van der Waals surface area contributed by atoms with E-state index in [1.807, 2.05) is 12.1 Å². The zero-order chi connectivity index (χ0) is 14.1. The molecule has 0 unspecified atom stereocenters. The van der Waals surface area contributed by atoms with Crippen LogP contribution in [0.1, 0.15) is 11.4 Å². The van der Waals surface area contributed by atoms with Gasteiger partial charge >= 0.3 is 0 Å². The number of benzene rings is 2. The van der Waals surface area contributed by atoms with Crippen molar-refractivity contribution in [3.63, 3.8) is 0 Å². The first-order valence-electron chi connectivity index (χ1n) is 6.49. The number of imidazole rings is 1. The summed E-state index contributed by atoms with van der Waals surface area (Å²) in [5, 5.41) is 0. The van der Waals surface area contributed by atoms with Crippen LogP contribution in [0.2, 0.25) is 0 Å². The second-order valence-corrected chi connectivity index (χ2v) is 6.02. The predicted molar refractivity (Wildman–Crippen MR) is 87.9 cm³/mol. The van der Waals surface area contributed by atoms with Gasteiger partial charge in [0.1, 0.15) is 5.82 Å². The number of halogens is 2. The van der Waals surface area contributed by atoms with Crippen LogP contribution >= 0.6 is 27.5 Å². The number of para-hydroxylation sites is 1. The molecule has 0 bridgehead atoms. The number of fused-ring (bicyclic) bond motifs is 1. The molecule has 0 aliphatic carbocycles. The first-order valence-corrected chi connectivity index (χ1v) is 7.82. The van der Waals surface area contributed by atoms with Gasteiger partial charge in [0.15, 0.2) is 0 Å². The summed E-state index contributed by atoms with van der Waals surface area (Å²) in [7, 11) is 0. The van der Waals surface area contributed by atoms with Gasteiger partial charge in [-0.05, 0) is 36.8 Å². The number of nitrogens with zero attached hydrogens (tertiary/aromatic N) is 2. The Labute approximate surface area is 131 Å². The van der Waals surface area contributed by atoms with Crippen molar-refractivity contribution < 1.29 is 0 Å². The highest BCUT2D eigenvalue weighted by Gasteiger charge is 2.13. The minimum absolute atomic E-state index is 0.566. The number of hydrogen-bond acceptors (Lipinski definition) is 1. The summed E-state index contributed by atoms with van der Waals surface area (Å²) >= 11 is 9.43. The molecule has 4 heteroatoms. The molecular formula is C16H14BrClN2. The van der Waals surface area contributed by atoms with Gasteiger partial charge in [-0.15, -0.1) is 11.6 Å². The molecular weight excluding hydrogens is 336 g/mol. The minimum atomic E-state index is 0.566. The predicted octanol–water partition coefficient (Wildman–Crippen LogP) is 4.88. The lowest BCUT2D eigenvalue weighted by atomic mass is 10.2. The van der Waals surface area contributed by atoms with Crippen LogP contribution in [-0.4, -0.2) is 15.4 Å². The zero-order valence-electron chi connectivity index (χ0n) is 11.1. The molecule has 102 valence electrons. The molecule has 0 fully saturated rings. The van der Waals surface area contributed by atoms with Gasteiger partial charge in [0.2, 0.25) is 0 Å². The normalized spacial score (nSPS) is 11.2. The van der Waals surface area contributed by atoms with E-state index in [1.165, 1.54) is 5.56 Å².